The third-order valence-corrected chi connectivity index (χ3v) is 1.59. The fourth-order valence-electron chi connectivity index (χ4n) is 0.232. The van der Waals surface area contributed by atoms with Crippen molar-refractivity contribution in [3.63, 3.8) is 0 Å². The van der Waals surface area contributed by atoms with Crippen LogP contribution in [0.1, 0.15) is 6.92 Å². The first-order valence-electron chi connectivity index (χ1n) is 2.44. The summed E-state index contributed by atoms with van der Waals surface area (Å²) in [5.74, 6) is 0. The molecule has 0 saturated heterocycles. The summed E-state index contributed by atoms with van der Waals surface area (Å²) in [7, 11) is 2.48. The van der Waals surface area contributed by atoms with Gasteiger partial charge in [-0.1, -0.05) is 0 Å². The van der Waals surface area contributed by atoms with E-state index in [-0.39, 0.29) is 6.29 Å². The van der Waals surface area contributed by atoms with Crippen molar-refractivity contribution in [1.29, 1.82) is 0 Å². The van der Waals surface area contributed by atoms with Gasteiger partial charge < -0.3 is 13.6 Å². The molecule has 1 unspecified atom stereocenters. The van der Waals surface area contributed by atoms with Crippen molar-refractivity contribution in [3.05, 3.63) is 0 Å². The van der Waals surface area contributed by atoms with Crippen LogP contribution in [0.15, 0.2) is 0 Å². The Morgan fingerprint density at radius 1 is 1.38 bits per heavy atom. The monoisotopic (exact) mass is 136 g/mol. The highest BCUT2D eigenvalue weighted by Gasteiger charge is 1.94. The van der Waals surface area contributed by atoms with Crippen LogP contribution in [0.2, 0.25) is 0 Å². The second-order valence-electron chi connectivity index (χ2n) is 1.38. The van der Waals surface area contributed by atoms with Crippen molar-refractivity contribution >= 4 is 10.0 Å². The first-order valence-corrected chi connectivity index (χ1v) is 3.60. The van der Waals surface area contributed by atoms with Gasteiger partial charge in [-0.3, -0.25) is 0 Å². The molecule has 0 spiro atoms. The minimum absolute atomic E-state index is 0.110. The van der Waals surface area contributed by atoms with Crippen LogP contribution in [-0.2, 0) is 13.6 Å². The number of rotatable bonds is 4. The Hall–Kier alpha value is 0.0969. The Labute approximate surface area is 52.0 Å². The molecule has 0 aliphatic rings. The van der Waals surface area contributed by atoms with E-state index >= 15 is 0 Å². The van der Waals surface area contributed by atoms with Crippen molar-refractivity contribution in [2.75, 3.05) is 14.2 Å². The molecule has 0 aliphatic carbocycles. The van der Waals surface area contributed by atoms with Crippen molar-refractivity contribution in [2.24, 2.45) is 0 Å². The minimum atomic E-state index is -0.762. The highest BCUT2D eigenvalue weighted by atomic mass is 28.3. The molecule has 0 fully saturated rings. The number of ether oxygens (including phenoxy) is 1. The lowest BCUT2D eigenvalue weighted by molar-refractivity contribution is -0.0467. The summed E-state index contributed by atoms with van der Waals surface area (Å²) in [4.78, 5) is 0. The molecule has 0 radical (unpaired) electrons. The van der Waals surface area contributed by atoms with E-state index in [0.29, 0.717) is 0 Å². The summed E-state index contributed by atoms with van der Waals surface area (Å²) < 4.78 is 14.6. The Kier molecular flexibility index (Phi) is 5.30. The molecule has 1 atom stereocenters. The fraction of sp³-hybridized carbons (Fsp3) is 1.00. The van der Waals surface area contributed by atoms with Crippen LogP contribution in [0.5, 0.6) is 0 Å². The van der Waals surface area contributed by atoms with E-state index < -0.39 is 10.0 Å². The van der Waals surface area contributed by atoms with Crippen LogP contribution in [0.4, 0.5) is 0 Å². The summed E-state index contributed by atoms with van der Waals surface area (Å²) in [6, 6.07) is 0. The van der Waals surface area contributed by atoms with Gasteiger partial charge in [-0.05, 0) is 6.92 Å². The second-order valence-corrected chi connectivity index (χ2v) is 2.52. The average molecular weight is 136 g/mol. The molecule has 50 valence electrons. The van der Waals surface area contributed by atoms with E-state index in [9.17, 15) is 0 Å². The Morgan fingerprint density at radius 2 is 2.00 bits per heavy atom. The molecule has 0 N–H and O–H groups in total. The molecule has 0 bridgehead atoms. The second kappa shape index (κ2) is 5.24. The first-order chi connectivity index (χ1) is 3.81. The molecule has 0 saturated carbocycles. The van der Waals surface area contributed by atoms with Gasteiger partial charge in [0, 0.05) is 14.2 Å². The van der Waals surface area contributed by atoms with E-state index in [4.69, 9.17) is 13.6 Å². The maximum Gasteiger partial charge on any atom is 0.306 e. The molecular weight excluding hydrogens is 124 g/mol. The highest BCUT2D eigenvalue weighted by molar-refractivity contribution is 6.17. The van der Waals surface area contributed by atoms with Gasteiger partial charge in [0.1, 0.15) is 6.29 Å². The van der Waals surface area contributed by atoms with Gasteiger partial charge in [0.2, 0.25) is 0 Å². The standard InChI is InChI=1S/C4H12O3Si/c1-4(5-2)7-8-6-3/h4H,8H2,1-3H3. The molecular formula is C4H12O3Si. The predicted molar refractivity (Wildman–Crippen MR) is 33.1 cm³/mol. The van der Waals surface area contributed by atoms with Gasteiger partial charge >= 0.3 is 10.0 Å². The molecule has 0 aromatic rings. The van der Waals surface area contributed by atoms with E-state index in [1.165, 1.54) is 0 Å². The molecule has 0 aromatic heterocycles. The highest BCUT2D eigenvalue weighted by Crippen LogP contribution is 1.86. The van der Waals surface area contributed by atoms with Crippen LogP contribution in [0.3, 0.4) is 0 Å². The van der Waals surface area contributed by atoms with Gasteiger partial charge in [-0.25, -0.2) is 0 Å². The van der Waals surface area contributed by atoms with Gasteiger partial charge in [-0.15, -0.1) is 0 Å². The lowest BCUT2D eigenvalue weighted by Crippen LogP contribution is -2.14. The topological polar surface area (TPSA) is 27.7 Å². The van der Waals surface area contributed by atoms with E-state index in [0.717, 1.165) is 0 Å². The van der Waals surface area contributed by atoms with Crippen molar-refractivity contribution < 1.29 is 13.6 Å². The third-order valence-electron chi connectivity index (χ3n) is 0.753. The van der Waals surface area contributed by atoms with Gasteiger partial charge in [0.05, 0.1) is 0 Å². The van der Waals surface area contributed by atoms with Crippen LogP contribution < -0.4 is 0 Å². The zero-order valence-electron chi connectivity index (χ0n) is 5.51. The van der Waals surface area contributed by atoms with Gasteiger partial charge in [0.15, 0.2) is 0 Å². The van der Waals surface area contributed by atoms with Crippen LogP contribution in [-0.4, -0.2) is 30.5 Å². The molecule has 0 amide bonds. The fourth-order valence-corrected chi connectivity index (χ4v) is 0.696. The third kappa shape index (κ3) is 4.26. The van der Waals surface area contributed by atoms with Crippen molar-refractivity contribution in [1.82, 2.24) is 0 Å². The summed E-state index contributed by atoms with van der Waals surface area (Å²) in [5.41, 5.74) is 0. The van der Waals surface area contributed by atoms with E-state index in [1.807, 2.05) is 6.92 Å². The molecule has 0 aliphatic heterocycles. The maximum absolute atomic E-state index is 5.03. The Morgan fingerprint density at radius 3 is 2.38 bits per heavy atom. The largest absolute Gasteiger partial charge is 0.402 e. The Bertz CT molecular complexity index is 50.5. The maximum atomic E-state index is 5.03. The number of hydrogen-bond acceptors (Lipinski definition) is 3. The van der Waals surface area contributed by atoms with Crippen LogP contribution in [0.25, 0.3) is 0 Å². The zero-order chi connectivity index (χ0) is 6.41. The lowest BCUT2D eigenvalue weighted by atomic mass is 10.8. The lowest BCUT2D eigenvalue weighted by Gasteiger charge is -2.08. The number of methoxy groups -OCH3 is 1. The summed E-state index contributed by atoms with van der Waals surface area (Å²) in [5, 5.41) is 0. The van der Waals surface area contributed by atoms with Crippen molar-refractivity contribution in [2.45, 2.75) is 13.2 Å². The first kappa shape index (κ1) is 8.10. The number of hydrogen-bond donors (Lipinski definition) is 0. The van der Waals surface area contributed by atoms with E-state index in [2.05, 4.69) is 0 Å². The minimum Gasteiger partial charge on any atom is -0.402 e. The van der Waals surface area contributed by atoms with Crippen molar-refractivity contribution in [3.8, 4) is 0 Å². The average Bonchev–Trinajstić information content (AvgIpc) is 1.83. The Balaban J connectivity index is 2.86. The molecule has 3 nitrogen and oxygen atoms in total. The zero-order valence-corrected chi connectivity index (χ0v) is 6.92. The molecule has 0 heterocycles. The summed E-state index contributed by atoms with van der Waals surface area (Å²) in [6.45, 7) is 1.84. The molecule has 8 heavy (non-hydrogen) atoms. The molecule has 0 rings (SSSR count). The van der Waals surface area contributed by atoms with Crippen LogP contribution in [0, 0.1) is 0 Å². The molecule has 4 heteroatoms. The quantitative estimate of drug-likeness (QED) is 0.390. The summed E-state index contributed by atoms with van der Waals surface area (Å²) >= 11 is 0. The smallest absolute Gasteiger partial charge is 0.306 e. The normalized spacial score (nSPS) is 15.4. The predicted octanol–water partition coefficient (Wildman–Crippen LogP) is -0.359. The molecule has 0 aromatic carbocycles. The van der Waals surface area contributed by atoms with E-state index in [1.54, 1.807) is 14.2 Å². The SMILES string of the molecule is CO[SiH2]OC(C)OC. The summed E-state index contributed by atoms with van der Waals surface area (Å²) in [6.07, 6.45) is -0.110. The van der Waals surface area contributed by atoms with Crippen LogP contribution >= 0.6 is 0 Å². The van der Waals surface area contributed by atoms with Gasteiger partial charge in [0.25, 0.3) is 0 Å². The van der Waals surface area contributed by atoms with Gasteiger partial charge in [-0.2, -0.15) is 0 Å².